The van der Waals surface area contributed by atoms with E-state index in [9.17, 15) is 9.59 Å². The van der Waals surface area contributed by atoms with Crippen LogP contribution in [0.4, 0.5) is 5.95 Å². The van der Waals surface area contributed by atoms with Crippen molar-refractivity contribution in [1.29, 1.82) is 0 Å². The van der Waals surface area contributed by atoms with Gasteiger partial charge in [0.2, 0.25) is 18.3 Å². The minimum Gasteiger partial charge on any atom is -0.342 e. The summed E-state index contributed by atoms with van der Waals surface area (Å²) in [4.78, 5) is 30.7. The van der Waals surface area contributed by atoms with E-state index in [2.05, 4.69) is 20.4 Å². The molecule has 35 heavy (non-hydrogen) atoms. The number of anilines is 1. The Labute approximate surface area is 212 Å². The van der Waals surface area contributed by atoms with Gasteiger partial charge in [0.25, 0.3) is 0 Å². The number of amides is 2. The molecule has 0 unspecified atom stereocenters. The van der Waals surface area contributed by atoms with Crippen molar-refractivity contribution in [3.8, 4) is 0 Å². The number of benzene rings is 1. The van der Waals surface area contributed by atoms with Gasteiger partial charge in [-0.3, -0.25) is 14.9 Å². The van der Waals surface area contributed by atoms with Gasteiger partial charge in [-0.15, -0.1) is 10.2 Å². The number of nitrogens with zero attached hydrogens (tertiary/aromatic N) is 5. The molecule has 2 aromatic heterocycles. The third kappa shape index (κ3) is 4.65. The predicted octanol–water partition coefficient (Wildman–Crippen LogP) is 3.31. The minimum atomic E-state index is -0.516. The second kappa shape index (κ2) is 9.96. The monoisotopic (exact) mass is 511 g/mol. The van der Waals surface area contributed by atoms with Gasteiger partial charge < -0.3 is 10.6 Å². The Hall–Kier alpha value is -2.95. The summed E-state index contributed by atoms with van der Waals surface area (Å²) in [6, 6.07) is 5.85. The number of nitrogens with two attached hydrogens (primary N) is 1. The Balaban J connectivity index is 1.37. The van der Waals surface area contributed by atoms with Gasteiger partial charge in [-0.1, -0.05) is 41.9 Å². The number of fused-ring (bicyclic) bond motifs is 1. The maximum atomic E-state index is 11.6. The molecule has 3 heterocycles. The fourth-order valence-corrected chi connectivity index (χ4v) is 6.39. The number of hydrogen-bond acceptors (Lipinski definition) is 8. The highest BCUT2D eigenvalue weighted by Gasteiger charge is 2.43. The van der Waals surface area contributed by atoms with E-state index in [1.165, 1.54) is 30.7 Å². The van der Waals surface area contributed by atoms with E-state index in [-0.39, 0.29) is 5.41 Å². The van der Waals surface area contributed by atoms with E-state index in [4.69, 9.17) is 22.3 Å². The van der Waals surface area contributed by atoms with Gasteiger partial charge in [0.05, 0.1) is 9.92 Å². The average molecular weight is 512 g/mol. The van der Waals surface area contributed by atoms with Crippen LogP contribution in [0.25, 0.3) is 11.7 Å². The minimum absolute atomic E-state index is 0.280. The van der Waals surface area contributed by atoms with Gasteiger partial charge in [0.15, 0.2) is 5.65 Å². The first-order valence-electron chi connectivity index (χ1n) is 11.6. The van der Waals surface area contributed by atoms with Gasteiger partial charge in [-0.05, 0) is 48.8 Å². The van der Waals surface area contributed by atoms with Crippen LogP contribution in [0.15, 0.2) is 46.6 Å². The fraction of sp³-hybridized carbons (Fsp3) is 0.375. The summed E-state index contributed by atoms with van der Waals surface area (Å²) >= 11 is 8.05. The van der Waals surface area contributed by atoms with Gasteiger partial charge in [0, 0.05) is 36.3 Å². The Morgan fingerprint density at radius 1 is 1.26 bits per heavy atom. The summed E-state index contributed by atoms with van der Waals surface area (Å²) in [5.41, 5.74) is 8.10. The van der Waals surface area contributed by atoms with Gasteiger partial charge in [0.1, 0.15) is 6.33 Å². The highest BCUT2D eigenvalue weighted by molar-refractivity contribution is 7.99. The number of carbonyl (C=O) groups excluding carboxylic acids is 2. The van der Waals surface area contributed by atoms with Gasteiger partial charge in [-0.25, -0.2) is 9.38 Å². The third-order valence-corrected chi connectivity index (χ3v) is 8.73. The number of rotatable bonds is 6. The molecule has 182 valence electrons. The van der Waals surface area contributed by atoms with Crippen LogP contribution in [-0.4, -0.2) is 51.0 Å². The van der Waals surface area contributed by atoms with Crippen LogP contribution in [0.1, 0.15) is 37.7 Å². The predicted molar refractivity (Wildman–Crippen MR) is 135 cm³/mol. The van der Waals surface area contributed by atoms with Crippen molar-refractivity contribution in [2.45, 2.75) is 47.9 Å². The molecule has 1 spiro atoms. The van der Waals surface area contributed by atoms with Crippen LogP contribution in [0.2, 0.25) is 5.02 Å². The largest absolute Gasteiger partial charge is 0.342 e. The van der Waals surface area contributed by atoms with Crippen molar-refractivity contribution >= 4 is 53.4 Å². The quantitative estimate of drug-likeness (QED) is 0.382. The number of piperidine rings is 1. The third-order valence-electron chi connectivity index (χ3n) is 7.13. The summed E-state index contributed by atoms with van der Waals surface area (Å²) in [5, 5.41) is 11.0. The van der Waals surface area contributed by atoms with E-state index in [0.717, 1.165) is 48.1 Å². The van der Waals surface area contributed by atoms with E-state index < -0.39 is 5.91 Å². The van der Waals surface area contributed by atoms with Crippen LogP contribution in [0, 0.1) is 5.41 Å². The molecule has 11 heteroatoms. The highest BCUT2D eigenvalue weighted by Crippen LogP contribution is 2.46. The molecule has 0 bridgehead atoms. The average Bonchev–Trinajstić information content (AvgIpc) is 3.48. The summed E-state index contributed by atoms with van der Waals surface area (Å²) < 4.78 is 1.93. The van der Waals surface area contributed by atoms with Crippen LogP contribution in [0.5, 0.6) is 0 Å². The Kier molecular flexibility index (Phi) is 6.77. The summed E-state index contributed by atoms with van der Waals surface area (Å²) in [6.07, 6.45) is 12.4. The van der Waals surface area contributed by atoms with Gasteiger partial charge >= 0.3 is 0 Å². The molecular formula is C24H26ClN7O2S. The number of nitrogens with one attached hydrogen (secondary N) is 1. The van der Waals surface area contributed by atoms with Crippen LogP contribution < -0.4 is 16.0 Å². The van der Waals surface area contributed by atoms with E-state index in [0.29, 0.717) is 28.7 Å². The number of carbonyl (C=O) groups is 2. The standard InChI is InChI=1S/C24H26ClN7O2S/c25-21-16(6-7-20(34)28-15-33)3-1-4-17(21)35-18-13-27-23(32-14-29-30-22(18)32)31-11-9-24(10-12-31)8-2-5-19(24)26/h1,3-4,6-7,13-15,19H,2,5,8-12,26H2,(H,28,33,34)/t19-/m1/s1. The molecule has 1 aliphatic carbocycles. The first-order valence-corrected chi connectivity index (χ1v) is 12.8. The van der Waals surface area contributed by atoms with Gasteiger partial charge in [-0.2, -0.15) is 0 Å². The topological polar surface area (TPSA) is 119 Å². The van der Waals surface area contributed by atoms with Crippen molar-refractivity contribution < 1.29 is 9.59 Å². The number of hydrogen-bond donors (Lipinski definition) is 2. The zero-order valence-electron chi connectivity index (χ0n) is 19.1. The number of halogens is 1. The molecule has 1 saturated heterocycles. The molecule has 2 aliphatic rings. The van der Waals surface area contributed by atoms with E-state index >= 15 is 0 Å². The molecule has 1 saturated carbocycles. The molecule has 2 amide bonds. The normalized spacial score (nSPS) is 19.6. The van der Waals surface area contributed by atoms with Crippen LogP contribution in [0.3, 0.4) is 0 Å². The zero-order chi connectivity index (χ0) is 24.4. The van der Waals surface area contributed by atoms with Crippen molar-refractivity contribution in [2.75, 3.05) is 18.0 Å². The molecule has 3 N–H and O–H groups in total. The van der Waals surface area contributed by atoms with E-state index in [1.54, 1.807) is 18.5 Å². The lowest BCUT2D eigenvalue weighted by atomic mass is 9.74. The molecule has 1 aromatic carbocycles. The van der Waals surface area contributed by atoms with Crippen molar-refractivity contribution in [3.05, 3.63) is 47.4 Å². The van der Waals surface area contributed by atoms with Crippen molar-refractivity contribution in [2.24, 2.45) is 11.1 Å². The molecule has 0 radical (unpaired) electrons. The summed E-state index contributed by atoms with van der Waals surface area (Å²) in [5.74, 6) is 0.317. The Morgan fingerprint density at radius 3 is 2.83 bits per heavy atom. The lowest BCUT2D eigenvalue weighted by molar-refractivity contribution is -0.121. The number of imide groups is 1. The fourth-order valence-electron chi connectivity index (χ4n) is 5.16. The zero-order valence-corrected chi connectivity index (χ0v) is 20.6. The molecular weight excluding hydrogens is 486 g/mol. The second-order valence-corrected chi connectivity index (χ2v) is 10.5. The number of aromatic nitrogens is 4. The molecule has 9 nitrogen and oxygen atoms in total. The molecule has 2 fully saturated rings. The molecule has 1 atom stereocenters. The van der Waals surface area contributed by atoms with Crippen molar-refractivity contribution in [1.82, 2.24) is 24.9 Å². The lowest BCUT2D eigenvalue weighted by Crippen LogP contribution is -2.47. The van der Waals surface area contributed by atoms with Crippen LogP contribution >= 0.6 is 23.4 Å². The molecule has 1 aliphatic heterocycles. The van der Waals surface area contributed by atoms with Crippen LogP contribution in [-0.2, 0) is 9.59 Å². The Morgan fingerprint density at radius 2 is 2.09 bits per heavy atom. The smallest absolute Gasteiger partial charge is 0.250 e. The lowest BCUT2D eigenvalue weighted by Gasteiger charge is -2.42. The first kappa shape index (κ1) is 23.8. The molecule has 3 aromatic rings. The Bertz CT molecular complexity index is 1290. The molecule has 5 rings (SSSR count). The highest BCUT2D eigenvalue weighted by atomic mass is 35.5. The maximum absolute atomic E-state index is 11.6. The second-order valence-electron chi connectivity index (χ2n) is 9.02. The van der Waals surface area contributed by atoms with Crippen molar-refractivity contribution in [3.63, 3.8) is 0 Å². The SMILES string of the molecule is N[C@@H]1CCCC12CCN(c1ncc(Sc3cccc(C=CC(=O)NC=O)c3Cl)c3nncn13)CC2. The first-order chi connectivity index (χ1) is 17.0. The summed E-state index contributed by atoms with van der Waals surface area (Å²) in [7, 11) is 0. The summed E-state index contributed by atoms with van der Waals surface area (Å²) in [6.45, 7) is 1.83. The maximum Gasteiger partial charge on any atom is 0.250 e. The van der Waals surface area contributed by atoms with E-state index in [1.807, 2.05) is 22.7 Å².